The van der Waals surface area contributed by atoms with Crippen molar-refractivity contribution >= 4 is 5.95 Å². The third kappa shape index (κ3) is 2.84. The Bertz CT molecular complexity index is 619. The first-order valence-corrected chi connectivity index (χ1v) is 8.21. The Labute approximate surface area is 136 Å². The lowest BCUT2D eigenvalue weighted by Gasteiger charge is -2.34. The van der Waals surface area contributed by atoms with Crippen molar-refractivity contribution in [3.05, 3.63) is 42.6 Å². The molecule has 2 saturated heterocycles. The van der Waals surface area contributed by atoms with Gasteiger partial charge in [0.1, 0.15) is 5.76 Å². The van der Waals surface area contributed by atoms with E-state index in [1.165, 1.54) is 0 Å². The molecule has 0 amide bonds. The molecule has 0 bridgehead atoms. The van der Waals surface area contributed by atoms with Crippen LogP contribution in [-0.2, 0) is 11.3 Å². The summed E-state index contributed by atoms with van der Waals surface area (Å²) in [6.45, 7) is 2.51. The molecule has 23 heavy (non-hydrogen) atoms. The molecule has 2 aliphatic rings. The van der Waals surface area contributed by atoms with Gasteiger partial charge in [0, 0.05) is 25.5 Å². The Morgan fingerprint density at radius 3 is 2.96 bits per heavy atom. The highest BCUT2D eigenvalue weighted by atomic mass is 16.5. The van der Waals surface area contributed by atoms with Crippen LogP contribution in [0.1, 0.15) is 18.6 Å². The van der Waals surface area contributed by atoms with E-state index < -0.39 is 0 Å². The van der Waals surface area contributed by atoms with Crippen molar-refractivity contribution in [2.45, 2.75) is 37.6 Å². The van der Waals surface area contributed by atoms with Crippen LogP contribution in [0.2, 0.25) is 0 Å². The van der Waals surface area contributed by atoms with E-state index in [9.17, 15) is 0 Å². The van der Waals surface area contributed by atoms with Gasteiger partial charge >= 0.3 is 0 Å². The van der Waals surface area contributed by atoms with Gasteiger partial charge in [-0.05, 0) is 38.1 Å². The van der Waals surface area contributed by atoms with Crippen LogP contribution in [0.5, 0.6) is 0 Å². The van der Waals surface area contributed by atoms with Crippen LogP contribution in [0.3, 0.4) is 0 Å². The van der Waals surface area contributed by atoms with E-state index in [0.29, 0.717) is 12.1 Å². The van der Waals surface area contributed by atoms with Gasteiger partial charge < -0.3 is 14.1 Å². The van der Waals surface area contributed by atoms with Gasteiger partial charge in [0.05, 0.1) is 31.0 Å². The van der Waals surface area contributed by atoms with Gasteiger partial charge in [-0.2, -0.15) is 0 Å². The van der Waals surface area contributed by atoms with E-state index in [1.54, 1.807) is 18.7 Å². The summed E-state index contributed by atoms with van der Waals surface area (Å²) in [5.41, 5.74) is 0. The van der Waals surface area contributed by atoms with Crippen molar-refractivity contribution < 1.29 is 9.15 Å². The summed E-state index contributed by atoms with van der Waals surface area (Å²) in [5.74, 6) is 1.79. The van der Waals surface area contributed by atoms with Crippen LogP contribution in [0.4, 0.5) is 5.95 Å². The summed E-state index contributed by atoms with van der Waals surface area (Å²) in [6, 6.07) is 6.48. The fourth-order valence-corrected chi connectivity index (χ4v) is 3.75. The molecule has 0 aromatic carbocycles. The monoisotopic (exact) mass is 314 g/mol. The maximum atomic E-state index is 6.14. The third-order valence-corrected chi connectivity index (χ3v) is 4.86. The number of likely N-dealkylation sites (N-methyl/N-ethyl adjacent to an activating group) is 1. The normalized spacial score (nSPS) is 27.4. The number of rotatable bonds is 4. The molecule has 2 fully saturated rings. The number of aromatic nitrogens is 2. The molecule has 0 N–H and O–H groups in total. The van der Waals surface area contributed by atoms with Crippen LogP contribution < -0.4 is 4.90 Å². The Morgan fingerprint density at radius 1 is 1.30 bits per heavy atom. The number of nitrogens with zero attached hydrogens (tertiary/aromatic N) is 4. The van der Waals surface area contributed by atoms with Crippen molar-refractivity contribution in [3.8, 4) is 0 Å². The molecular formula is C17H22N4O2. The Morgan fingerprint density at radius 2 is 2.17 bits per heavy atom. The zero-order chi connectivity index (χ0) is 15.6. The largest absolute Gasteiger partial charge is 0.468 e. The predicted molar refractivity (Wildman–Crippen MR) is 86.1 cm³/mol. The summed E-state index contributed by atoms with van der Waals surface area (Å²) in [5, 5.41) is 0. The van der Waals surface area contributed by atoms with Crippen molar-refractivity contribution in [3.63, 3.8) is 0 Å². The van der Waals surface area contributed by atoms with Crippen molar-refractivity contribution in [2.24, 2.45) is 0 Å². The van der Waals surface area contributed by atoms with E-state index in [0.717, 1.165) is 44.2 Å². The zero-order valence-corrected chi connectivity index (χ0v) is 13.3. The molecule has 4 heterocycles. The topological polar surface area (TPSA) is 54.6 Å². The molecule has 3 atom stereocenters. The number of anilines is 1. The molecule has 0 aliphatic carbocycles. The van der Waals surface area contributed by atoms with Gasteiger partial charge in [-0.1, -0.05) is 0 Å². The molecule has 122 valence electrons. The van der Waals surface area contributed by atoms with Gasteiger partial charge in [0.15, 0.2) is 0 Å². The molecule has 0 saturated carbocycles. The standard InChI is InChI=1S/C17H22N4O2/c1-20(11-13-5-2-9-22-13)15-12-21(17-18-7-4-8-19-17)14-6-3-10-23-16(14)15/h2,4-5,7-9,14-16H,3,6,10-12H2,1H3/t14?,15-,16?/m0/s1. The van der Waals surface area contributed by atoms with Crippen molar-refractivity contribution in [1.29, 1.82) is 0 Å². The maximum Gasteiger partial charge on any atom is 0.225 e. The summed E-state index contributed by atoms with van der Waals surface area (Å²) < 4.78 is 11.6. The molecule has 2 aromatic heterocycles. The Balaban J connectivity index is 1.55. The number of furan rings is 1. The molecule has 0 spiro atoms. The smallest absolute Gasteiger partial charge is 0.225 e. The molecule has 0 radical (unpaired) electrons. The number of ether oxygens (including phenoxy) is 1. The number of fused-ring (bicyclic) bond motifs is 1. The second-order valence-electron chi connectivity index (χ2n) is 6.31. The van der Waals surface area contributed by atoms with Gasteiger partial charge in [-0.25, -0.2) is 9.97 Å². The van der Waals surface area contributed by atoms with Crippen LogP contribution in [0.25, 0.3) is 0 Å². The average molecular weight is 314 g/mol. The highest BCUT2D eigenvalue weighted by Gasteiger charge is 2.46. The van der Waals surface area contributed by atoms with Crippen molar-refractivity contribution in [1.82, 2.24) is 14.9 Å². The minimum absolute atomic E-state index is 0.201. The van der Waals surface area contributed by atoms with E-state index >= 15 is 0 Å². The minimum Gasteiger partial charge on any atom is -0.468 e. The lowest BCUT2D eigenvalue weighted by atomic mass is 10.0. The van der Waals surface area contributed by atoms with Crippen LogP contribution in [0.15, 0.2) is 41.3 Å². The SMILES string of the molecule is CN(Cc1ccco1)[C@H]1CN(c2ncccn2)C2CCCOC21. The third-order valence-electron chi connectivity index (χ3n) is 4.86. The minimum atomic E-state index is 0.201. The van der Waals surface area contributed by atoms with Crippen LogP contribution in [-0.4, -0.2) is 53.3 Å². The fraction of sp³-hybridized carbons (Fsp3) is 0.529. The molecule has 2 aliphatic heterocycles. The maximum absolute atomic E-state index is 6.14. The molecule has 2 unspecified atom stereocenters. The number of hydrogen-bond donors (Lipinski definition) is 0. The molecule has 4 rings (SSSR count). The molecule has 6 heteroatoms. The van der Waals surface area contributed by atoms with E-state index in [4.69, 9.17) is 9.15 Å². The highest BCUT2D eigenvalue weighted by molar-refractivity contribution is 5.36. The summed E-state index contributed by atoms with van der Waals surface area (Å²) in [4.78, 5) is 13.5. The second kappa shape index (κ2) is 6.29. The Hall–Kier alpha value is -1.92. The molecule has 2 aromatic rings. The summed E-state index contributed by atoms with van der Waals surface area (Å²) >= 11 is 0. The highest BCUT2D eigenvalue weighted by Crippen LogP contribution is 2.33. The fourth-order valence-electron chi connectivity index (χ4n) is 3.75. The average Bonchev–Trinajstić information content (AvgIpc) is 3.23. The molecular weight excluding hydrogens is 292 g/mol. The summed E-state index contributed by atoms with van der Waals surface area (Å²) in [6.07, 6.45) is 7.77. The number of hydrogen-bond acceptors (Lipinski definition) is 6. The van der Waals surface area contributed by atoms with E-state index in [1.807, 2.05) is 18.2 Å². The van der Waals surface area contributed by atoms with Gasteiger partial charge in [-0.15, -0.1) is 0 Å². The predicted octanol–water partition coefficient (Wildman–Crippen LogP) is 1.94. The molecule has 6 nitrogen and oxygen atoms in total. The first-order valence-electron chi connectivity index (χ1n) is 8.21. The van der Waals surface area contributed by atoms with E-state index in [2.05, 4.69) is 26.8 Å². The Kier molecular flexibility index (Phi) is 4.01. The van der Waals surface area contributed by atoms with Gasteiger partial charge in [0.2, 0.25) is 5.95 Å². The lowest BCUT2D eigenvalue weighted by molar-refractivity contribution is -0.0256. The zero-order valence-electron chi connectivity index (χ0n) is 13.3. The lowest BCUT2D eigenvalue weighted by Crippen LogP contribution is -2.46. The van der Waals surface area contributed by atoms with Crippen LogP contribution in [0, 0.1) is 0 Å². The van der Waals surface area contributed by atoms with Gasteiger partial charge in [0.25, 0.3) is 0 Å². The van der Waals surface area contributed by atoms with E-state index in [-0.39, 0.29) is 6.10 Å². The quantitative estimate of drug-likeness (QED) is 0.859. The van der Waals surface area contributed by atoms with Crippen molar-refractivity contribution in [2.75, 3.05) is 25.1 Å². The summed E-state index contributed by atoms with van der Waals surface area (Å²) in [7, 11) is 2.14. The van der Waals surface area contributed by atoms with Gasteiger partial charge in [-0.3, -0.25) is 4.90 Å². The van der Waals surface area contributed by atoms with Crippen LogP contribution >= 0.6 is 0 Å². The first kappa shape index (κ1) is 14.7. The second-order valence-corrected chi connectivity index (χ2v) is 6.31. The first-order chi connectivity index (χ1) is 11.3.